The quantitative estimate of drug-likeness (QED) is 0.590. The highest BCUT2D eigenvalue weighted by Gasteiger charge is 2.30. The molecular weight excluding hydrogens is 212 g/mol. The van der Waals surface area contributed by atoms with Gasteiger partial charge in [-0.3, -0.25) is 9.59 Å². The number of carboxylic acid groups (broad SMARTS) is 1. The average Bonchev–Trinajstić information content (AvgIpc) is 2.64. The predicted octanol–water partition coefficient (Wildman–Crippen LogP) is -0.508. The van der Waals surface area contributed by atoms with E-state index in [0.29, 0.717) is 19.4 Å². The first-order valence-electron chi connectivity index (χ1n) is 5.34. The molecule has 3 N–H and O–H groups in total. The molecule has 0 aliphatic carbocycles. The fourth-order valence-corrected chi connectivity index (χ4v) is 1.63. The summed E-state index contributed by atoms with van der Waals surface area (Å²) in [5.41, 5.74) is 0. The molecule has 1 aliphatic rings. The van der Waals surface area contributed by atoms with Crippen molar-refractivity contribution < 1.29 is 19.5 Å². The predicted molar refractivity (Wildman–Crippen MR) is 55.6 cm³/mol. The van der Waals surface area contributed by atoms with Crippen molar-refractivity contribution in [2.45, 2.75) is 32.2 Å². The van der Waals surface area contributed by atoms with Crippen LogP contribution in [-0.2, 0) is 14.4 Å². The third kappa shape index (κ3) is 3.22. The molecule has 0 bridgehead atoms. The first-order chi connectivity index (χ1) is 7.54. The first kappa shape index (κ1) is 12.5. The van der Waals surface area contributed by atoms with E-state index in [-0.39, 0.29) is 18.2 Å². The van der Waals surface area contributed by atoms with E-state index in [1.165, 1.54) is 0 Å². The Bertz CT molecular complexity index is 303. The topological polar surface area (TPSA) is 95.5 Å². The average molecular weight is 228 g/mol. The number of aliphatic carboxylic acids is 1. The molecule has 6 nitrogen and oxygen atoms in total. The number of amides is 2. The van der Waals surface area contributed by atoms with E-state index in [0.717, 1.165) is 0 Å². The van der Waals surface area contributed by atoms with Crippen molar-refractivity contribution in [3.8, 4) is 0 Å². The molecule has 1 unspecified atom stereocenters. The van der Waals surface area contributed by atoms with Crippen LogP contribution in [0.1, 0.15) is 26.2 Å². The van der Waals surface area contributed by atoms with Crippen LogP contribution < -0.4 is 10.6 Å². The van der Waals surface area contributed by atoms with Crippen molar-refractivity contribution in [2.24, 2.45) is 5.92 Å². The second kappa shape index (κ2) is 5.48. The molecule has 0 aromatic carbocycles. The molecule has 0 aromatic rings. The van der Waals surface area contributed by atoms with Gasteiger partial charge in [-0.2, -0.15) is 0 Å². The monoisotopic (exact) mass is 228 g/mol. The van der Waals surface area contributed by atoms with Crippen LogP contribution in [0.3, 0.4) is 0 Å². The summed E-state index contributed by atoms with van der Waals surface area (Å²) in [4.78, 5) is 33.3. The van der Waals surface area contributed by atoms with Gasteiger partial charge < -0.3 is 15.7 Å². The minimum Gasteiger partial charge on any atom is -0.480 e. The second-order valence-corrected chi connectivity index (χ2v) is 3.89. The summed E-state index contributed by atoms with van der Waals surface area (Å²) in [5, 5.41) is 13.8. The van der Waals surface area contributed by atoms with E-state index in [1.54, 1.807) is 0 Å². The number of carboxylic acids is 1. The minimum atomic E-state index is -1.03. The number of nitrogens with one attached hydrogen (secondary N) is 2. The van der Waals surface area contributed by atoms with E-state index in [9.17, 15) is 14.4 Å². The molecule has 0 aromatic heterocycles. The third-order valence-electron chi connectivity index (χ3n) is 2.54. The number of hydrogen-bond acceptors (Lipinski definition) is 3. The lowest BCUT2D eigenvalue weighted by Gasteiger charge is -2.15. The van der Waals surface area contributed by atoms with Gasteiger partial charge in [-0.1, -0.05) is 13.3 Å². The Morgan fingerprint density at radius 1 is 1.62 bits per heavy atom. The van der Waals surface area contributed by atoms with E-state index in [4.69, 9.17) is 5.11 Å². The minimum absolute atomic E-state index is 0.143. The number of hydrogen-bond donors (Lipinski definition) is 3. The van der Waals surface area contributed by atoms with Crippen LogP contribution in [0.15, 0.2) is 0 Å². The molecule has 1 aliphatic heterocycles. The number of carbonyl (C=O) groups excluding carboxylic acids is 2. The van der Waals surface area contributed by atoms with Crippen LogP contribution >= 0.6 is 0 Å². The molecule has 2 amide bonds. The van der Waals surface area contributed by atoms with Gasteiger partial charge in [0.2, 0.25) is 11.8 Å². The van der Waals surface area contributed by atoms with Crippen LogP contribution in [0.5, 0.6) is 0 Å². The van der Waals surface area contributed by atoms with Gasteiger partial charge in [0, 0.05) is 13.0 Å². The first-order valence-corrected chi connectivity index (χ1v) is 5.34. The Morgan fingerprint density at radius 2 is 2.31 bits per heavy atom. The van der Waals surface area contributed by atoms with Gasteiger partial charge in [-0.05, 0) is 6.42 Å². The van der Waals surface area contributed by atoms with Crippen molar-refractivity contribution in [1.29, 1.82) is 0 Å². The fraction of sp³-hybridized carbons (Fsp3) is 0.700. The standard InChI is InChI=1S/C10H16N2O4/c1-2-3-7(10(15)16)12-9(14)6-4-8(13)11-5-6/h6-7H,2-5H2,1H3,(H,11,13)(H,12,14)(H,15,16)/t6?,7-/m0/s1. The summed E-state index contributed by atoms with van der Waals surface area (Å²) in [6.45, 7) is 2.14. The lowest BCUT2D eigenvalue weighted by molar-refractivity contribution is -0.142. The maximum Gasteiger partial charge on any atom is 0.326 e. The summed E-state index contributed by atoms with van der Waals surface area (Å²) < 4.78 is 0. The van der Waals surface area contributed by atoms with Gasteiger partial charge in [-0.25, -0.2) is 4.79 Å². The Kier molecular flexibility index (Phi) is 4.28. The van der Waals surface area contributed by atoms with Gasteiger partial charge in [0.15, 0.2) is 0 Å². The highest BCUT2D eigenvalue weighted by molar-refractivity contribution is 5.91. The van der Waals surface area contributed by atoms with E-state index < -0.39 is 17.9 Å². The summed E-state index contributed by atoms with van der Waals surface area (Å²) in [6, 6.07) is -0.854. The molecule has 6 heteroatoms. The van der Waals surface area contributed by atoms with Gasteiger partial charge in [-0.15, -0.1) is 0 Å². The molecule has 2 atom stereocenters. The van der Waals surface area contributed by atoms with Crippen LogP contribution in [0, 0.1) is 5.92 Å². The molecule has 1 fully saturated rings. The number of carbonyl (C=O) groups is 3. The van der Waals surface area contributed by atoms with Crippen LogP contribution in [-0.4, -0.2) is 35.5 Å². The maximum absolute atomic E-state index is 11.6. The van der Waals surface area contributed by atoms with Crippen LogP contribution in [0.25, 0.3) is 0 Å². The van der Waals surface area contributed by atoms with Crippen molar-refractivity contribution in [2.75, 3.05) is 6.54 Å². The largest absolute Gasteiger partial charge is 0.480 e. The smallest absolute Gasteiger partial charge is 0.326 e. The molecule has 16 heavy (non-hydrogen) atoms. The molecule has 1 saturated heterocycles. The van der Waals surface area contributed by atoms with Gasteiger partial charge in [0.25, 0.3) is 0 Å². The second-order valence-electron chi connectivity index (χ2n) is 3.89. The normalized spacial score (nSPS) is 21.3. The Hall–Kier alpha value is -1.59. The van der Waals surface area contributed by atoms with Gasteiger partial charge in [0.05, 0.1) is 5.92 Å². The zero-order valence-corrected chi connectivity index (χ0v) is 9.16. The molecule has 0 radical (unpaired) electrons. The van der Waals surface area contributed by atoms with E-state index in [2.05, 4.69) is 10.6 Å². The lowest BCUT2D eigenvalue weighted by atomic mass is 10.1. The van der Waals surface area contributed by atoms with Crippen molar-refractivity contribution in [3.05, 3.63) is 0 Å². The Balaban J connectivity index is 2.48. The van der Waals surface area contributed by atoms with Crippen molar-refractivity contribution >= 4 is 17.8 Å². The highest BCUT2D eigenvalue weighted by atomic mass is 16.4. The highest BCUT2D eigenvalue weighted by Crippen LogP contribution is 2.09. The molecule has 90 valence electrons. The summed E-state index contributed by atoms with van der Waals surface area (Å²) in [7, 11) is 0. The summed E-state index contributed by atoms with van der Waals surface area (Å²) in [6.07, 6.45) is 1.22. The maximum atomic E-state index is 11.6. The van der Waals surface area contributed by atoms with Crippen LogP contribution in [0.2, 0.25) is 0 Å². The fourth-order valence-electron chi connectivity index (χ4n) is 1.63. The van der Waals surface area contributed by atoms with E-state index >= 15 is 0 Å². The number of rotatable bonds is 5. The van der Waals surface area contributed by atoms with E-state index in [1.807, 2.05) is 6.92 Å². The zero-order chi connectivity index (χ0) is 12.1. The zero-order valence-electron chi connectivity index (χ0n) is 9.16. The molecule has 0 saturated carbocycles. The van der Waals surface area contributed by atoms with Crippen molar-refractivity contribution in [3.63, 3.8) is 0 Å². The summed E-state index contributed by atoms with van der Waals surface area (Å²) in [5.74, 6) is -2.00. The lowest BCUT2D eigenvalue weighted by Crippen LogP contribution is -2.44. The summed E-state index contributed by atoms with van der Waals surface area (Å²) >= 11 is 0. The molecule has 1 rings (SSSR count). The molecule has 1 heterocycles. The Labute approximate surface area is 93.4 Å². The van der Waals surface area contributed by atoms with Gasteiger partial charge in [0.1, 0.15) is 6.04 Å². The molecule has 0 spiro atoms. The third-order valence-corrected chi connectivity index (χ3v) is 2.54. The van der Waals surface area contributed by atoms with Crippen molar-refractivity contribution in [1.82, 2.24) is 10.6 Å². The van der Waals surface area contributed by atoms with Gasteiger partial charge >= 0.3 is 5.97 Å². The SMILES string of the molecule is CCC[C@H](NC(=O)C1CNC(=O)C1)C(=O)O. The van der Waals surface area contributed by atoms with Crippen LogP contribution in [0.4, 0.5) is 0 Å². The molecular formula is C10H16N2O4. The Morgan fingerprint density at radius 3 is 2.75 bits per heavy atom.